The Labute approximate surface area is 118 Å². The van der Waals surface area contributed by atoms with E-state index in [4.69, 9.17) is 4.74 Å². The highest BCUT2D eigenvalue weighted by atomic mass is 16.5. The summed E-state index contributed by atoms with van der Waals surface area (Å²) in [6.45, 7) is 3.12. The van der Waals surface area contributed by atoms with Crippen LogP contribution in [-0.4, -0.2) is 29.0 Å². The summed E-state index contributed by atoms with van der Waals surface area (Å²) >= 11 is 0. The van der Waals surface area contributed by atoms with Crippen LogP contribution in [0.2, 0.25) is 0 Å². The highest BCUT2D eigenvalue weighted by Gasteiger charge is 2.05. The van der Waals surface area contributed by atoms with E-state index in [1.165, 1.54) is 24.2 Å². The van der Waals surface area contributed by atoms with Crippen molar-refractivity contribution in [3.05, 3.63) is 54.1 Å². The summed E-state index contributed by atoms with van der Waals surface area (Å²) in [6, 6.07) is 7.89. The van der Waals surface area contributed by atoms with Crippen LogP contribution in [-0.2, 0) is 0 Å². The third-order valence-electron chi connectivity index (χ3n) is 2.66. The second-order valence-electron chi connectivity index (χ2n) is 4.37. The average molecular weight is 271 g/mol. The molecule has 0 spiro atoms. The number of hydrogen-bond donors (Lipinski definition) is 1. The lowest BCUT2D eigenvalue weighted by Crippen LogP contribution is -2.26. The van der Waals surface area contributed by atoms with Gasteiger partial charge in [0.25, 0.3) is 5.91 Å². The highest BCUT2D eigenvalue weighted by molar-refractivity contribution is 5.91. The molecular weight excluding hydrogens is 254 g/mol. The number of rotatable bonds is 6. The molecule has 0 unspecified atom stereocenters. The summed E-state index contributed by atoms with van der Waals surface area (Å²) in [7, 11) is 0. The van der Waals surface area contributed by atoms with E-state index < -0.39 is 0 Å². The Morgan fingerprint density at radius 2 is 2.25 bits per heavy atom. The van der Waals surface area contributed by atoms with E-state index in [1.54, 1.807) is 0 Å². The van der Waals surface area contributed by atoms with Crippen LogP contribution in [0.25, 0.3) is 0 Å². The number of aromatic nitrogens is 2. The van der Waals surface area contributed by atoms with Crippen molar-refractivity contribution in [1.29, 1.82) is 0 Å². The number of amides is 1. The third kappa shape index (κ3) is 4.35. The van der Waals surface area contributed by atoms with Gasteiger partial charge in [-0.2, -0.15) is 0 Å². The quantitative estimate of drug-likeness (QED) is 0.816. The number of carbonyl (C=O) groups excluding carboxylic acids is 1. The average Bonchev–Trinajstić information content (AvgIpc) is 2.48. The Morgan fingerprint density at radius 1 is 1.35 bits per heavy atom. The van der Waals surface area contributed by atoms with E-state index in [2.05, 4.69) is 15.3 Å². The van der Waals surface area contributed by atoms with Gasteiger partial charge in [0.2, 0.25) is 0 Å². The van der Waals surface area contributed by atoms with Crippen LogP contribution in [0, 0.1) is 6.92 Å². The van der Waals surface area contributed by atoms with Crippen LogP contribution in [0.3, 0.4) is 0 Å². The number of nitrogens with zero attached hydrogens (tertiary/aromatic N) is 2. The lowest BCUT2D eigenvalue weighted by molar-refractivity contribution is 0.0946. The van der Waals surface area contributed by atoms with Crippen LogP contribution >= 0.6 is 0 Å². The normalized spacial score (nSPS) is 10.1. The molecule has 0 fully saturated rings. The molecule has 2 rings (SSSR count). The van der Waals surface area contributed by atoms with Crippen LogP contribution in [0.15, 0.2) is 42.9 Å². The lowest BCUT2D eigenvalue weighted by atomic mass is 10.2. The predicted octanol–water partition coefficient (Wildman–Crippen LogP) is 1.98. The summed E-state index contributed by atoms with van der Waals surface area (Å²) in [5, 5.41) is 2.78. The first kappa shape index (κ1) is 14.0. The van der Waals surface area contributed by atoms with Gasteiger partial charge in [-0.05, 0) is 31.0 Å². The molecule has 0 aliphatic carbocycles. The second kappa shape index (κ2) is 7.23. The minimum Gasteiger partial charge on any atom is -0.494 e. The van der Waals surface area contributed by atoms with Crippen molar-refractivity contribution in [3.63, 3.8) is 0 Å². The summed E-state index contributed by atoms with van der Waals surface area (Å²) in [6.07, 6.45) is 5.21. The van der Waals surface area contributed by atoms with Crippen LogP contribution in [0.4, 0.5) is 0 Å². The fourth-order valence-electron chi connectivity index (χ4n) is 1.68. The van der Waals surface area contributed by atoms with Gasteiger partial charge in [0.05, 0.1) is 12.8 Å². The van der Waals surface area contributed by atoms with E-state index in [-0.39, 0.29) is 5.91 Å². The van der Waals surface area contributed by atoms with Crippen molar-refractivity contribution >= 4 is 5.91 Å². The topological polar surface area (TPSA) is 64.1 Å². The summed E-state index contributed by atoms with van der Waals surface area (Å²) in [5.41, 5.74) is 1.49. The van der Waals surface area contributed by atoms with Crippen molar-refractivity contribution in [2.45, 2.75) is 13.3 Å². The maximum absolute atomic E-state index is 11.7. The van der Waals surface area contributed by atoms with Gasteiger partial charge in [-0.1, -0.05) is 12.1 Å². The number of carbonyl (C=O) groups is 1. The maximum atomic E-state index is 11.7. The first-order valence-corrected chi connectivity index (χ1v) is 6.49. The van der Waals surface area contributed by atoms with Gasteiger partial charge in [0.1, 0.15) is 11.4 Å². The minimum atomic E-state index is -0.214. The smallest absolute Gasteiger partial charge is 0.271 e. The summed E-state index contributed by atoms with van der Waals surface area (Å²) < 4.78 is 5.60. The van der Waals surface area contributed by atoms with Crippen molar-refractivity contribution in [3.8, 4) is 5.75 Å². The highest BCUT2D eigenvalue weighted by Crippen LogP contribution is 2.12. The van der Waals surface area contributed by atoms with Crippen LogP contribution in [0.1, 0.15) is 22.5 Å². The molecule has 0 saturated carbocycles. The van der Waals surface area contributed by atoms with Gasteiger partial charge < -0.3 is 10.1 Å². The van der Waals surface area contributed by atoms with E-state index in [9.17, 15) is 4.79 Å². The first-order valence-electron chi connectivity index (χ1n) is 6.49. The third-order valence-corrected chi connectivity index (χ3v) is 2.66. The molecule has 0 radical (unpaired) electrons. The minimum absolute atomic E-state index is 0.214. The summed E-state index contributed by atoms with van der Waals surface area (Å²) in [4.78, 5) is 19.4. The molecule has 0 aliphatic heterocycles. The zero-order valence-corrected chi connectivity index (χ0v) is 11.4. The molecule has 5 heteroatoms. The molecule has 0 aliphatic rings. The van der Waals surface area contributed by atoms with Crippen molar-refractivity contribution in [2.24, 2.45) is 0 Å². The standard InChI is InChI=1S/C15H17N3O2/c1-12-4-2-5-13(10-12)20-9-3-6-18-15(19)14-11-16-7-8-17-14/h2,4-5,7-8,10-11H,3,6,9H2,1H3,(H,18,19). The molecule has 20 heavy (non-hydrogen) atoms. The molecule has 2 aromatic rings. The van der Waals surface area contributed by atoms with Crippen molar-refractivity contribution < 1.29 is 9.53 Å². The lowest BCUT2D eigenvalue weighted by Gasteiger charge is -2.07. The second-order valence-corrected chi connectivity index (χ2v) is 4.37. The first-order chi connectivity index (χ1) is 9.75. The fourth-order valence-corrected chi connectivity index (χ4v) is 1.68. The van der Waals surface area contributed by atoms with Gasteiger partial charge in [-0.15, -0.1) is 0 Å². The maximum Gasteiger partial charge on any atom is 0.271 e. The molecular formula is C15H17N3O2. The van der Waals surface area contributed by atoms with E-state index >= 15 is 0 Å². The van der Waals surface area contributed by atoms with E-state index in [0.717, 1.165) is 12.2 Å². The number of nitrogens with one attached hydrogen (secondary N) is 1. The monoisotopic (exact) mass is 271 g/mol. The molecule has 0 atom stereocenters. The van der Waals surface area contributed by atoms with E-state index in [0.29, 0.717) is 18.8 Å². The zero-order valence-electron chi connectivity index (χ0n) is 11.4. The van der Waals surface area contributed by atoms with E-state index in [1.807, 2.05) is 31.2 Å². The molecule has 5 nitrogen and oxygen atoms in total. The number of aryl methyl sites for hydroxylation is 1. The van der Waals surface area contributed by atoms with Gasteiger partial charge in [0.15, 0.2) is 0 Å². The zero-order chi connectivity index (χ0) is 14.2. The molecule has 1 amide bonds. The molecule has 1 N–H and O–H groups in total. The van der Waals surface area contributed by atoms with Gasteiger partial charge in [-0.25, -0.2) is 4.98 Å². The largest absolute Gasteiger partial charge is 0.494 e. The Balaban J connectivity index is 1.66. The number of ether oxygens (including phenoxy) is 1. The van der Waals surface area contributed by atoms with Crippen molar-refractivity contribution in [1.82, 2.24) is 15.3 Å². The van der Waals surface area contributed by atoms with Gasteiger partial charge in [0, 0.05) is 18.9 Å². The Kier molecular flexibility index (Phi) is 5.06. The van der Waals surface area contributed by atoms with Crippen LogP contribution in [0.5, 0.6) is 5.75 Å². The van der Waals surface area contributed by atoms with Gasteiger partial charge >= 0.3 is 0 Å². The van der Waals surface area contributed by atoms with Gasteiger partial charge in [-0.3, -0.25) is 9.78 Å². The molecule has 1 aromatic heterocycles. The molecule has 0 bridgehead atoms. The molecule has 1 heterocycles. The summed E-state index contributed by atoms with van der Waals surface area (Å²) in [5.74, 6) is 0.638. The number of benzene rings is 1. The van der Waals surface area contributed by atoms with Crippen LogP contribution < -0.4 is 10.1 Å². The molecule has 104 valence electrons. The molecule has 0 saturated heterocycles. The SMILES string of the molecule is Cc1cccc(OCCCNC(=O)c2cnccn2)c1. The molecule has 1 aromatic carbocycles. The Morgan fingerprint density at radius 3 is 3.00 bits per heavy atom. The Hall–Kier alpha value is -2.43. The Bertz CT molecular complexity index is 558. The van der Waals surface area contributed by atoms with Crippen molar-refractivity contribution in [2.75, 3.05) is 13.2 Å². The number of hydrogen-bond acceptors (Lipinski definition) is 4. The predicted molar refractivity (Wildman–Crippen MR) is 75.7 cm³/mol. The fraction of sp³-hybridized carbons (Fsp3) is 0.267.